The lowest BCUT2D eigenvalue weighted by molar-refractivity contribution is 0.0646. The molecular weight excluding hydrogens is 394 g/mol. The third kappa shape index (κ3) is 4.99. The Balaban J connectivity index is 2.02. The Morgan fingerprint density at radius 1 is 1.19 bits per heavy atom. The van der Waals surface area contributed by atoms with Gasteiger partial charge in [-0.2, -0.15) is 9.97 Å². The van der Waals surface area contributed by atoms with Crippen molar-refractivity contribution in [2.24, 2.45) is 0 Å². The first-order chi connectivity index (χ1) is 14.6. The number of hydrogen-bond donors (Lipinski definition) is 5. The van der Waals surface area contributed by atoms with Crippen LogP contribution in [0.5, 0.6) is 5.75 Å². The number of benzene rings is 1. The SMILES string of the molecule is CCC(CC)n1cnc2c(NCc3cc(N)ccc3O)nc(NC(C)C(C)(C)O)nc21. The third-order valence-corrected chi connectivity index (χ3v) is 5.71. The second-order valence-corrected chi connectivity index (χ2v) is 8.45. The minimum atomic E-state index is -0.950. The number of nitrogens with two attached hydrogens (primary N) is 1. The average molecular weight is 428 g/mol. The van der Waals surface area contributed by atoms with E-state index >= 15 is 0 Å². The summed E-state index contributed by atoms with van der Waals surface area (Å²) in [4.78, 5) is 13.9. The van der Waals surface area contributed by atoms with Gasteiger partial charge in [0.2, 0.25) is 5.95 Å². The Kier molecular flexibility index (Phi) is 6.54. The molecule has 0 fully saturated rings. The summed E-state index contributed by atoms with van der Waals surface area (Å²) < 4.78 is 2.07. The number of nitrogens with one attached hydrogen (secondary N) is 2. The Hall–Kier alpha value is -3.07. The quantitative estimate of drug-likeness (QED) is 0.258. The lowest BCUT2D eigenvalue weighted by atomic mass is 10.0. The van der Waals surface area contributed by atoms with Crippen molar-refractivity contribution in [3.8, 4) is 5.75 Å². The molecule has 9 heteroatoms. The number of aliphatic hydroxyl groups is 1. The molecule has 3 rings (SSSR count). The summed E-state index contributed by atoms with van der Waals surface area (Å²) in [6.45, 7) is 9.95. The number of rotatable bonds is 9. The maximum absolute atomic E-state index is 10.3. The molecule has 6 N–H and O–H groups in total. The monoisotopic (exact) mass is 427 g/mol. The third-order valence-electron chi connectivity index (χ3n) is 5.71. The topological polar surface area (TPSA) is 134 Å². The van der Waals surface area contributed by atoms with Crippen molar-refractivity contribution in [1.82, 2.24) is 19.5 Å². The highest BCUT2D eigenvalue weighted by atomic mass is 16.3. The number of hydrogen-bond acceptors (Lipinski definition) is 8. The minimum absolute atomic E-state index is 0.156. The van der Waals surface area contributed by atoms with Gasteiger partial charge in [0.05, 0.1) is 18.0 Å². The molecular formula is C22H33N7O2. The molecule has 0 bridgehead atoms. The zero-order valence-corrected chi connectivity index (χ0v) is 18.8. The molecule has 0 aliphatic carbocycles. The molecule has 0 saturated heterocycles. The largest absolute Gasteiger partial charge is 0.508 e. The normalized spacial score (nSPS) is 13.0. The summed E-state index contributed by atoms with van der Waals surface area (Å²) in [6.07, 6.45) is 3.70. The molecule has 2 heterocycles. The van der Waals surface area contributed by atoms with Crippen molar-refractivity contribution in [1.29, 1.82) is 0 Å². The van der Waals surface area contributed by atoms with Gasteiger partial charge < -0.3 is 31.1 Å². The molecule has 0 aliphatic heterocycles. The van der Waals surface area contributed by atoms with E-state index in [1.165, 1.54) is 0 Å². The van der Waals surface area contributed by atoms with Crippen LogP contribution >= 0.6 is 0 Å². The predicted octanol–water partition coefficient (Wildman–Crippen LogP) is 3.66. The van der Waals surface area contributed by atoms with Crippen molar-refractivity contribution < 1.29 is 10.2 Å². The van der Waals surface area contributed by atoms with Crippen LogP contribution in [-0.4, -0.2) is 41.4 Å². The highest BCUT2D eigenvalue weighted by molar-refractivity contribution is 5.84. The molecule has 1 unspecified atom stereocenters. The van der Waals surface area contributed by atoms with Crippen LogP contribution in [0.15, 0.2) is 24.5 Å². The highest BCUT2D eigenvalue weighted by Crippen LogP contribution is 2.28. The second-order valence-electron chi connectivity index (χ2n) is 8.45. The van der Waals surface area contributed by atoms with Gasteiger partial charge >= 0.3 is 0 Å². The van der Waals surface area contributed by atoms with Crippen molar-refractivity contribution >= 4 is 28.6 Å². The van der Waals surface area contributed by atoms with Gasteiger partial charge in [0.25, 0.3) is 0 Å². The molecule has 1 atom stereocenters. The fourth-order valence-corrected chi connectivity index (χ4v) is 3.35. The fraction of sp³-hybridized carbons (Fsp3) is 0.500. The fourth-order valence-electron chi connectivity index (χ4n) is 3.35. The Bertz CT molecular complexity index is 1040. The first kappa shape index (κ1) is 22.6. The van der Waals surface area contributed by atoms with Gasteiger partial charge in [-0.15, -0.1) is 0 Å². The summed E-state index contributed by atoms with van der Waals surface area (Å²) in [5.74, 6) is 1.10. The van der Waals surface area contributed by atoms with Crippen LogP contribution in [0.2, 0.25) is 0 Å². The van der Waals surface area contributed by atoms with E-state index in [9.17, 15) is 10.2 Å². The number of aromatic hydroxyl groups is 1. The lowest BCUT2D eigenvalue weighted by Crippen LogP contribution is -2.39. The molecule has 168 valence electrons. The highest BCUT2D eigenvalue weighted by Gasteiger charge is 2.24. The van der Waals surface area contributed by atoms with Gasteiger partial charge in [0.15, 0.2) is 17.0 Å². The van der Waals surface area contributed by atoms with Gasteiger partial charge in [-0.05, 0) is 51.8 Å². The van der Waals surface area contributed by atoms with E-state index in [1.54, 1.807) is 38.4 Å². The lowest BCUT2D eigenvalue weighted by Gasteiger charge is -2.27. The van der Waals surface area contributed by atoms with Crippen molar-refractivity contribution in [3.63, 3.8) is 0 Å². The summed E-state index contributed by atoms with van der Waals surface area (Å²) >= 11 is 0. The number of imidazole rings is 1. The number of phenols is 1. The molecule has 0 amide bonds. The Morgan fingerprint density at radius 3 is 2.55 bits per heavy atom. The van der Waals surface area contributed by atoms with Gasteiger partial charge in [-0.3, -0.25) is 0 Å². The van der Waals surface area contributed by atoms with Crippen molar-refractivity contribution in [3.05, 3.63) is 30.1 Å². The summed E-state index contributed by atoms with van der Waals surface area (Å²) in [6, 6.07) is 4.94. The summed E-state index contributed by atoms with van der Waals surface area (Å²) in [5.41, 5.74) is 7.51. The molecule has 1 aromatic carbocycles. The van der Waals surface area contributed by atoms with Crippen LogP contribution in [0.25, 0.3) is 11.2 Å². The van der Waals surface area contributed by atoms with E-state index in [0.717, 1.165) is 12.8 Å². The number of nitrogens with zero attached hydrogens (tertiary/aromatic N) is 4. The zero-order chi connectivity index (χ0) is 22.8. The number of fused-ring (bicyclic) bond motifs is 1. The molecule has 0 aliphatic rings. The van der Waals surface area contributed by atoms with Gasteiger partial charge in [-0.1, -0.05) is 13.8 Å². The van der Waals surface area contributed by atoms with E-state index in [1.807, 2.05) is 6.92 Å². The first-order valence-corrected chi connectivity index (χ1v) is 10.7. The average Bonchev–Trinajstić information content (AvgIpc) is 3.13. The zero-order valence-electron chi connectivity index (χ0n) is 18.8. The van der Waals surface area contributed by atoms with E-state index in [2.05, 4.69) is 39.0 Å². The standard InChI is InChI=1S/C22H33N7O2/c1-6-16(7-2)29-12-25-18-19(24-11-14-10-15(23)8-9-17(14)30)27-21(28-20(18)29)26-13(3)22(4,5)31/h8-10,12-13,16,30-31H,6-7,11,23H2,1-5H3,(H2,24,26,27,28). The number of nitrogen functional groups attached to an aromatic ring is 1. The van der Waals surface area contributed by atoms with Crippen LogP contribution in [0.3, 0.4) is 0 Å². The maximum atomic E-state index is 10.3. The smallest absolute Gasteiger partial charge is 0.227 e. The molecule has 2 aromatic heterocycles. The molecule has 9 nitrogen and oxygen atoms in total. The first-order valence-electron chi connectivity index (χ1n) is 10.7. The summed E-state index contributed by atoms with van der Waals surface area (Å²) in [5, 5.41) is 26.9. The Labute approximate surface area is 182 Å². The number of aromatic nitrogens is 4. The molecule has 0 spiro atoms. The molecule has 0 radical (unpaired) electrons. The van der Waals surface area contributed by atoms with Gasteiger partial charge in [-0.25, -0.2) is 4.98 Å². The molecule has 31 heavy (non-hydrogen) atoms. The van der Waals surface area contributed by atoms with Crippen LogP contribution in [0, 0.1) is 0 Å². The van der Waals surface area contributed by atoms with E-state index in [0.29, 0.717) is 40.7 Å². The van der Waals surface area contributed by atoms with Crippen molar-refractivity contribution in [2.45, 2.75) is 71.7 Å². The van der Waals surface area contributed by atoms with Gasteiger partial charge in [0, 0.05) is 23.8 Å². The van der Waals surface area contributed by atoms with Crippen LogP contribution < -0.4 is 16.4 Å². The van der Waals surface area contributed by atoms with E-state index in [-0.39, 0.29) is 17.8 Å². The van der Waals surface area contributed by atoms with Crippen LogP contribution in [0.1, 0.15) is 59.1 Å². The van der Waals surface area contributed by atoms with Crippen LogP contribution in [0.4, 0.5) is 17.5 Å². The Morgan fingerprint density at radius 2 is 1.90 bits per heavy atom. The van der Waals surface area contributed by atoms with Crippen LogP contribution in [-0.2, 0) is 6.54 Å². The maximum Gasteiger partial charge on any atom is 0.227 e. The molecule has 3 aromatic rings. The molecule has 0 saturated carbocycles. The number of anilines is 3. The number of phenolic OH excluding ortho intramolecular Hbond substituents is 1. The second kappa shape index (κ2) is 8.97. The van der Waals surface area contributed by atoms with Gasteiger partial charge in [0.1, 0.15) is 5.75 Å². The van der Waals surface area contributed by atoms with Crippen molar-refractivity contribution in [2.75, 3.05) is 16.4 Å². The summed E-state index contributed by atoms with van der Waals surface area (Å²) in [7, 11) is 0. The minimum Gasteiger partial charge on any atom is -0.508 e. The van der Waals surface area contributed by atoms with E-state index in [4.69, 9.17) is 10.7 Å². The van der Waals surface area contributed by atoms with E-state index < -0.39 is 5.60 Å². The predicted molar refractivity (Wildman–Crippen MR) is 124 cm³/mol.